The first-order valence-corrected chi connectivity index (χ1v) is 7.98. The number of hydrogen-bond acceptors (Lipinski definition) is 4. The van der Waals surface area contributed by atoms with E-state index >= 15 is 0 Å². The van der Waals surface area contributed by atoms with E-state index in [-0.39, 0.29) is 6.04 Å². The van der Waals surface area contributed by atoms with Crippen molar-refractivity contribution in [3.05, 3.63) is 54.1 Å². The summed E-state index contributed by atoms with van der Waals surface area (Å²) in [7, 11) is 3.39. The summed E-state index contributed by atoms with van der Waals surface area (Å²) in [6.45, 7) is 1.84. The third-order valence-corrected chi connectivity index (χ3v) is 4.49. The summed E-state index contributed by atoms with van der Waals surface area (Å²) < 4.78 is 10.6. The molecule has 4 heteroatoms. The Labute approximate surface area is 137 Å². The maximum Gasteiger partial charge on any atom is 0.120 e. The normalized spacial score (nSPS) is 21.1. The first kappa shape index (κ1) is 15.7. The van der Waals surface area contributed by atoms with E-state index in [1.807, 2.05) is 24.3 Å². The Bertz CT molecular complexity index is 642. The molecule has 2 aromatic rings. The highest BCUT2D eigenvalue weighted by molar-refractivity contribution is 5.52. The van der Waals surface area contributed by atoms with Crippen LogP contribution in [-0.4, -0.2) is 33.4 Å². The zero-order valence-corrected chi connectivity index (χ0v) is 13.7. The number of piperidine rings is 1. The van der Waals surface area contributed by atoms with E-state index < -0.39 is 0 Å². The minimum atomic E-state index is 0.169. The van der Waals surface area contributed by atoms with Gasteiger partial charge in [-0.15, -0.1) is 0 Å². The predicted octanol–water partition coefficient (Wildman–Crippen LogP) is 3.03. The second-order valence-electron chi connectivity index (χ2n) is 6.07. The minimum absolute atomic E-state index is 0.169. The second kappa shape index (κ2) is 6.92. The van der Waals surface area contributed by atoms with Gasteiger partial charge in [0.25, 0.3) is 0 Å². The molecule has 0 saturated carbocycles. The smallest absolute Gasteiger partial charge is 0.120 e. The fourth-order valence-electron chi connectivity index (χ4n) is 3.27. The molecule has 2 atom stereocenters. The number of anilines is 1. The van der Waals surface area contributed by atoms with Crippen LogP contribution in [0.25, 0.3) is 0 Å². The molecule has 0 aromatic heterocycles. The number of rotatable bonds is 4. The number of nitrogens with zero attached hydrogens (tertiary/aromatic N) is 1. The molecule has 2 aromatic carbocycles. The number of benzene rings is 2. The van der Waals surface area contributed by atoms with Gasteiger partial charge >= 0.3 is 0 Å². The Balaban J connectivity index is 1.80. The van der Waals surface area contributed by atoms with Gasteiger partial charge in [-0.3, -0.25) is 0 Å². The van der Waals surface area contributed by atoms with Crippen molar-refractivity contribution in [3.63, 3.8) is 0 Å². The van der Waals surface area contributed by atoms with Crippen LogP contribution in [0.1, 0.15) is 17.9 Å². The third kappa shape index (κ3) is 3.59. The van der Waals surface area contributed by atoms with Crippen molar-refractivity contribution in [2.75, 3.05) is 32.2 Å². The topological polar surface area (TPSA) is 47.7 Å². The highest BCUT2D eigenvalue weighted by atomic mass is 16.5. The summed E-state index contributed by atoms with van der Waals surface area (Å²) in [5.74, 6) is 2.19. The summed E-state index contributed by atoms with van der Waals surface area (Å²) in [6, 6.07) is 16.7. The molecule has 4 nitrogen and oxygen atoms in total. The minimum Gasteiger partial charge on any atom is -0.497 e. The van der Waals surface area contributed by atoms with Crippen LogP contribution in [-0.2, 0) is 0 Å². The summed E-state index contributed by atoms with van der Waals surface area (Å²) in [6.07, 6.45) is 1.01. The summed E-state index contributed by atoms with van der Waals surface area (Å²) >= 11 is 0. The zero-order valence-electron chi connectivity index (χ0n) is 13.7. The first-order chi connectivity index (χ1) is 11.2. The molecule has 0 spiro atoms. The van der Waals surface area contributed by atoms with Gasteiger partial charge in [-0.2, -0.15) is 0 Å². The van der Waals surface area contributed by atoms with Crippen molar-refractivity contribution in [3.8, 4) is 11.5 Å². The van der Waals surface area contributed by atoms with E-state index in [9.17, 15) is 0 Å². The van der Waals surface area contributed by atoms with Crippen molar-refractivity contribution in [2.24, 2.45) is 5.73 Å². The van der Waals surface area contributed by atoms with Gasteiger partial charge in [0.05, 0.1) is 14.2 Å². The van der Waals surface area contributed by atoms with E-state index in [4.69, 9.17) is 15.2 Å². The van der Waals surface area contributed by atoms with Crippen molar-refractivity contribution in [1.82, 2.24) is 0 Å². The van der Waals surface area contributed by atoms with Crippen LogP contribution in [0, 0.1) is 0 Å². The molecule has 0 amide bonds. The molecular formula is C19H24N2O2. The Morgan fingerprint density at radius 2 is 1.70 bits per heavy atom. The molecular weight excluding hydrogens is 288 g/mol. The second-order valence-corrected chi connectivity index (χ2v) is 6.07. The van der Waals surface area contributed by atoms with Crippen LogP contribution < -0.4 is 20.1 Å². The standard InChI is InChI=1S/C19H24N2O2/c1-22-18-8-6-14(7-9-18)15-10-16(20)13-21(12-15)17-4-3-5-19(11-17)23-2/h3-9,11,15-16H,10,12-13,20H2,1-2H3. The fraction of sp³-hybridized carbons (Fsp3) is 0.368. The van der Waals surface area contributed by atoms with Gasteiger partial charge < -0.3 is 20.1 Å². The lowest BCUT2D eigenvalue weighted by molar-refractivity contribution is 0.412. The Hall–Kier alpha value is -2.20. The van der Waals surface area contributed by atoms with E-state index in [2.05, 4.69) is 29.2 Å². The van der Waals surface area contributed by atoms with Gasteiger partial charge in [0.1, 0.15) is 11.5 Å². The molecule has 122 valence electrons. The van der Waals surface area contributed by atoms with Crippen LogP contribution in [0.2, 0.25) is 0 Å². The van der Waals surface area contributed by atoms with Crippen LogP contribution in [0.15, 0.2) is 48.5 Å². The number of methoxy groups -OCH3 is 2. The predicted molar refractivity (Wildman–Crippen MR) is 93.5 cm³/mol. The van der Waals surface area contributed by atoms with Gasteiger partial charge in [-0.1, -0.05) is 18.2 Å². The zero-order chi connectivity index (χ0) is 16.2. The SMILES string of the molecule is COc1ccc(C2CC(N)CN(c3cccc(OC)c3)C2)cc1. The molecule has 3 rings (SSSR count). The Kier molecular flexibility index (Phi) is 4.72. The monoisotopic (exact) mass is 312 g/mol. The molecule has 23 heavy (non-hydrogen) atoms. The highest BCUT2D eigenvalue weighted by Gasteiger charge is 2.26. The Morgan fingerprint density at radius 3 is 2.39 bits per heavy atom. The van der Waals surface area contributed by atoms with Gasteiger partial charge in [0.15, 0.2) is 0 Å². The van der Waals surface area contributed by atoms with Crippen molar-refractivity contribution in [1.29, 1.82) is 0 Å². The molecule has 1 aliphatic heterocycles. The highest BCUT2D eigenvalue weighted by Crippen LogP contribution is 2.31. The van der Waals surface area contributed by atoms with Crippen molar-refractivity contribution < 1.29 is 9.47 Å². The lowest BCUT2D eigenvalue weighted by Crippen LogP contribution is -2.46. The van der Waals surface area contributed by atoms with Crippen LogP contribution >= 0.6 is 0 Å². The van der Waals surface area contributed by atoms with E-state index in [0.717, 1.165) is 36.7 Å². The van der Waals surface area contributed by atoms with Gasteiger partial charge in [0.2, 0.25) is 0 Å². The average Bonchev–Trinajstić information content (AvgIpc) is 2.61. The molecule has 2 unspecified atom stereocenters. The third-order valence-electron chi connectivity index (χ3n) is 4.49. The van der Waals surface area contributed by atoms with E-state index in [1.165, 1.54) is 5.56 Å². The largest absolute Gasteiger partial charge is 0.497 e. The maximum atomic E-state index is 6.32. The lowest BCUT2D eigenvalue weighted by atomic mass is 9.88. The summed E-state index contributed by atoms with van der Waals surface area (Å²) in [4.78, 5) is 2.35. The quantitative estimate of drug-likeness (QED) is 0.943. The van der Waals surface area contributed by atoms with Crippen molar-refractivity contribution in [2.45, 2.75) is 18.4 Å². The van der Waals surface area contributed by atoms with Crippen molar-refractivity contribution >= 4 is 5.69 Å². The summed E-state index contributed by atoms with van der Waals surface area (Å²) in [5, 5.41) is 0. The van der Waals surface area contributed by atoms with Crippen LogP contribution in [0.3, 0.4) is 0 Å². The number of nitrogens with two attached hydrogens (primary N) is 1. The fourth-order valence-corrected chi connectivity index (χ4v) is 3.27. The molecule has 1 fully saturated rings. The molecule has 1 saturated heterocycles. The van der Waals surface area contributed by atoms with Gasteiger partial charge in [-0.05, 0) is 36.2 Å². The maximum absolute atomic E-state index is 6.32. The first-order valence-electron chi connectivity index (χ1n) is 7.98. The molecule has 0 bridgehead atoms. The van der Waals surface area contributed by atoms with E-state index in [1.54, 1.807) is 14.2 Å². The summed E-state index contributed by atoms with van der Waals surface area (Å²) in [5.41, 5.74) is 8.80. The number of hydrogen-bond donors (Lipinski definition) is 1. The van der Waals surface area contributed by atoms with Crippen LogP contribution in [0.4, 0.5) is 5.69 Å². The van der Waals surface area contributed by atoms with Gasteiger partial charge in [-0.25, -0.2) is 0 Å². The molecule has 1 aliphatic rings. The molecule has 2 N–H and O–H groups in total. The van der Waals surface area contributed by atoms with Gasteiger partial charge in [0, 0.05) is 36.8 Å². The Morgan fingerprint density at radius 1 is 0.957 bits per heavy atom. The molecule has 1 heterocycles. The number of ether oxygens (including phenoxy) is 2. The lowest BCUT2D eigenvalue weighted by Gasteiger charge is -2.38. The molecule has 0 radical (unpaired) electrons. The average molecular weight is 312 g/mol. The van der Waals surface area contributed by atoms with Crippen LogP contribution in [0.5, 0.6) is 11.5 Å². The molecule has 0 aliphatic carbocycles. The van der Waals surface area contributed by atoms with E-state index in [0.29, 0.717) is 5.92 Å².